The summed E-state index contributed by atoms with van der Waals surface area (Å²) in [6, 6.07) is 7.94. The molecule has 0 atom stereocenters. The van der Waals surface area contributed by atoms with E-state index in [0.29, 0.717) is 13.2 Å². The zero-order chi connectivity index (χ0) is 13.7. The third kappa shape index (κ3) is 3.10. The highest BCUT2D eigenvalue weighted by Crippen LogP contribution is 2.27. The maximum atomic E-state index is 5.93. The number of hydrogen-bond acceptors (Lipinski definition) is 4. The molecule has 1 aromatic heterocycles. The molecule has 0 radical (unpaired) electrons. The summed E-state index contributed by atoms with van der Waals surface area (Å²) in [5, 5.41) is 0. The van der Waals surface area contributed by atoms with Crippen LogP contribution in [0.15, 0.2) is 36.7 Å². The molecule has 100 valence electrons. The molecule has 4 nitrogen and oxygen atoms in total. The number of methoxy groups -OCH3 is 2. The van der Waals surface area contributed by atoms with Crippen molar-refractivity contribution in [3.8, 4) is 11.1 Å². The Bertz CT molecular complexity index is 556. The summed E-state index contributed by atoms with van der Waals surface area (Å²) in [5.74, 6) is 0. The molecule has 2 aromatic rings. The van der Waals surface area contributed by atoms with Crippen LogP contribution in [0.2, 0.25) is 0 Å². The van der Waals surface area contributed by atoms with E-state index in [1.54, 1.807) is 20.4 Å². The van der Waals surface area contributed by atoms with Crippen molar-refractivity contribution < 1.29 is 9.47 Å². The topological polar surface area (TPSA) is 57.4 Å². The molecule has 2 N–H and O–H groups in total. The Kier molecular flexibility index (Phi) is 4.49. The first-order valence-electron chi connectivity index (χ1n) is 6.05. The fourth-order valence-corrected chi connectivity index (χ4v) is 2.03. The van der Waals surface area contributed by atoms with Gasteiger partial charge in [0.2, 0.25) is 0 Å². The van der Waals surface area contributed by atoms with Crippen molar-refractivity contribution >= 4 is 5.69 Å². The minimum Gasteiger partial charge on any atom is -0.398 e. The van der Waals surface area contributed by atoms with Gasteiger partial charge in [0, 0.05) is 43.4 Å². The standard InChI is InChI=1S/C15H18N2O2/c1-18-9-12-7-11(3-4-15(12)16)14-5-6-17-8-13(14)10-19-2/h3-8H,9-10,16H2,1-2H3. The van der Waals surface area contributed by atoms with Crippen LogP contribution in [0.5, 0.6) is 0 Å². The molecule has 0 amide bonds. The van der Waals surface area contributed by atoms with Gasteiger partial charge in [0.1, 0.15) is 0 Å². The molecule has 0 unspecified atom stereocenters. The van der Waals surface area contributed by atoms with Crippen LogP contribution >= 0.6 is 0 Å². The highest BCUT2D eigenvalue weighted by Gasteiger charge is 2.07. The van der Waals surface area contributed by atoms with Gasteiger partial charge in [0.25, 0.3) is 0 Å². The summed E-state index contributed by atoms with van der Waals surface area (Å²) in [4.78, 5) is 4.14. The minimum atomic E-state index is 0.504. The first-order chi connectivity index (χ1) is 9.26. The summed E-state index contributed by atoms with van der Waals surface area (Å²) < 4.78 is 10.4. The number of hydrogen-bond donors (Lipinski definition) is 1. The number of ether oxygens (including phenoxy) is 2. The molecule has 2 rings (SSSR count). The van der Waals surface area contributed by atoms with Crippen molar-refractivity contribution in [1.29, 1.82) is 0 Å². The molecule has 1 aromatic carbocycles. The van der Waals surface area contributed by atoms with Gasteiger partial charge in [-0.3, -0.25) is 4.98 Å². The molecule has 19 heavy (non-hydrogen) atoms. The molecule has 0 bridgehead atoms. The Morgan fingerprint density at radius 3 is 2.53 bits per heavy atom. The lowest BCUT2D eigenvalue weighted by atomic mass is 9.99. The fourth-order valence-electron chi connectivity index (χ4n) is 2.03. The van der Waals surface area contributed by atoms with Crippen LogP contribution in [0, 0.1) is 0 Å². The van der Waals surface area contributed by atoms with Gasteiger partial charge in [-0.15, -0.1) is 0 Å². The number of pyridine rings is 1. The molecule has 0 aliphatic carbocycles. The molecule has 0 saturated carbocycles. The Balaban J connectivity index is 2.44. The van der Waals surface area contributed by atoms with Gasteiger partial charge in [0.05, 0.1) is 13.2 Å². The summed E-state index contributed by atoms with van der Waals surface area (Å²) >= 11 is 0. The monoisotopic (exact) mass is 258 g/mol. The molecule has 0 saturated heterocycles. The second kappa shape index (κ2) is 6.31. The number of anilines is 1. The van der Waals surface area contributed by atoms with E-state index in [4.69, 9.17) is 15.2 Å². The largest absolute Gasteiger partial charge is 0.398 e. The normalized spacial score (nSPS) is 10.6. The second-order valence-corrected chi connectivity index (χ2v) is 4.31. The van der Waals surface area contributed by atoms with Crippen LogP contribution in [0.4, 0.5) is 5.69 Å². The first kappa shape index (κ1) is 13.5. The quantitative estimate of drug-likeness (QED) is 0.838. The van der Waals surface area contributed by atoms with Gasteiger partial charge in [0.15, 0.2) is 0 Å². The Morgan fingerprint density at radius 2 is 1.79 bits per heavy atom. The van der Waals surface area contributed by atoms with Crippen LogP contribution < -0.4 is 5.73 Å². The van der Waals surface area contributed by atoms with E-state index in [1.807, 2.05) is 30.5 Å². The Morgan fingerprint density at radius 1 is 1.05 bits per heavy atom. The number of nitrogens with zero attached hydrogens (tertiary/aromatic N) is 1. The first-order valence-corrected chi connectivity index (χ1v) is 6.05. The smallest absolute Gasteiger partial charge is 0.0734 e. The number of benzene rings is 1. The van der Waals surface area contributed by atoms with Crippen LogP contribution in [0.3, 0.4) is 0 Å². The molecule has 0 aliphatic rings. The maximum Gasteiger partial charge on any atom is 0.0734 e. The third-order valence-corrected chi connectivity index (χ3v) is 2.96. The summed E-state index contributed by atoms with van der Waals surface area (Å²) in [6.07, 6.45) is 3.60. The Hall–Kier alpha value is -1.91. The minimum absolute atomic E-state index is 0.504. The van der Waals surface area contributed by atoms with Crippen molar-refractivity contribution in [2.75, 3.05) is 20.0 Å². The Labute approximate surface area is 113 Å². The van der Waals surface area contributed by atoms with Gasteiger partial charge in [-0.2, -0.15) is 0 Å². The summed E-state index contributed by atoms with van der Waals surface area (Å²) in [7, 11) is 3.34. The van der Waals surface area contributed by atoms with Gasteiger partial charge in [-0.05, 0) is 29.3 Å². The lowest BCUT2D eigenvalue weighted by Gasteiger charge is -2.11. The maximum absolute atomic E-state index is 5.93. The molecule has 0 aliphatic heterocycles. The van der Waals surface area contributed by atoms with E-state index < -0.39 is 0 Å². The lowest BCUT2D eigenvalue weighted by molar-refractivity contribution is 0.185. The predicted octanol–water partition coefficient (Wildman–Crippen LogP) is 2.62. The average molecular weight is 258 g/mol. The number of aromatic nitrogens is 1. The average Bonchev–Trinajstić information content (AvgIpc) is 2.43. The highest BCUT2D eigenvalue weighted by molar-refractivity contribution is 5.70. The fraction of sp³-hybridized carbons (Fsp3) is 0.267. The third-order valence-electron chi connectivity index (χ3n) is 2.96. The van der Waals surface area contributed by atoms with Crippen LogP contribution in [0.25, 0.3) is 11.1 Å². The van der Waals surface area contributed by atoms with E-state index in [9.17, 15) is 0 Å². The lowest BCUT2D eigenvalue weighted by Crippen LogP contribution is -1.98. The van der Waals surface area contributed by atoms with Gasteiger partial charge < -0.3 is 15.2 Å². The van der Waals surface area contributed by atoms with E-state index in [0.717, 1.165) is 27.9 Å². The second-order valence-electron chi connectivity index (χ2n) is 4.31. The zero-order valence-electron chi connectivity index (χ0n) is 11.2. The zero-order valence-corrected chi connectivity index (χ0v) is 11.2. The molecular formula is C15H18N2O2. The van der Waals surface area contributed by atoms with E-state index in [2.05, 4.69) is 4.98 Å². The summed E-state index contributed by atoms with van der Waals surface area (Å²) in [5.41, 5.74) is 10.9. The van der Waals surface area contributed by atoms with Gasteiger partial charge >= 0.3 is 0 Å². The van der Waals surface area contributed by atoms with Crippen molar-refractivity contribution in [3.63, 3.8) is 0 Å². The van der Waals surface area contributed by atoms with Crippen molar-refractivity contribution in [1.82, 2.24) is 4.98 Å². The summed E-state index contributed by atoms with van der Waals surface area (Å²) in [6.45, 7) is 1.04. The van der Waals surface area contributed by atoms with Gasteiger partial charge in [-0.25, -0.2) is 0 Å². The molecule has 1 heterocycles. The molecule has 0 spiro atoms. The number of nitrogen functional groups attached to an aromatic ring is 1. The van der Waals surface area contributed by atoms with E-state index in [1.165, 1.54) is 0 Å². The van der Waals surface area contributed by atoms with Crippen molar-refractivity contribution in [2.45, 2.75) is 13.2 Å². The van der Waals surface area contributed by atoms with E-state index in [-0.39, 0.29) is 0 Å². The van der Waals surface area contributed by atoms with Crippen LogP contribution in [-0.2, 0) is 22.7 Å². The number of rotatable bonds is 5. The van der Waals surface area contributed by atoms with Crippen LogP contribution in [0.1, 0.15) is 11.1 Å². The highest BCUT2D eigenvalue weighted by atomic mass is 16.5. The molecular weight excluding hydrogens is 240 g/mol. The van der Waals surface area contributed by atoms with Crippen LogP contribution in [-0.4, -0.2) is 19.2 Å². The van der Waals surface area contributed by atoms with E-state index >= 15 is 0 Å². The molecule has 4 heteroatoms. The predicted molar refractivity (Wildman–Crippen MR) is 75.5 cm³/mol. The van der Waals surface area contributed by atoms with Gasteiger partial charge in [-0.1, -0.05) is 6.07 Å². The SMILES string of the molecule is COCc1cc(-c2ccncc2COC)ccc1N. The number of nitrogens with two attached hydrogens (primary N) is 1. The molecule has 0 fully saturated rings. The van der Waals surface area contributed by atoms with Crippen molar-refractivity contribution in [3.05, 3.63) is 47.8 Å². The van der Waals surface area contributed by atoms with Crippen molar-refractivity contribution in [2.24, 2.45) is 0 Å².